The molecule has 1 aromatic rings. The van der Waals surface area contributed by atoms with E-state index in [1.54, 1.807) is 24.0 Å². The smallest absolute Gasteiger partial charge is 0.335 e. The fourth-order valence-electron chi connectivity index (χ4n) is 3.65. The average Bonchev–Trinajstić information content (AvgIpc) is 2.88. The molecule has 0 aliphatic carbocycles. The van der Waals surface area contributed by atoms with E-state index in [0.717, 1.165) is 0 Å². The number of aromatic carboxylic acids is 1. The Morgan fingerprint density at radius 1 is 1.27 bits per heavy atom. The number of hydrogen-bond donors (Lipinski definition) is 3. The molecular weight excluding hydrogens is 338 g/mol. The number of carboxylic acids is 1. The number of carbonyl (C=O) groups is 4. The molecule has 8 heteroatoms. The normalized spacial score (nSPS) is 23.5. The number of nitrogens with one attached hydrogen (secondary N) is 2. The molecule has 0 radical (unpaired) electrons. The second kappa shape index (κ2) is 6.78. The molecule has 0 bridgehead atoms. The van der Waals surface area contributed by atoms with Gasteiger partial charge >= 0.3 is 12.0 Å². The highest BCUT2D eigenvalue weighted by Gasteiger charge is 2.48. The zero-order valence-electron chi connectivity index (χ0n) is 14.4. The topological polar surface area (TPSA) is 116 Å². The van der Waals surface area contributed by atoms with Crippen molar-refractivity contribution in [2.75, 3.05) is 13.1 Å². The van der Waals surface area contributed by atoms with Crippen LogP contribution in [0.15, 0.2) is 24.3 Å². The van der Waals surface area contributed by atoms with Crippen LogP contribution in [-0.2, 0) is 16.0 Å². The number of piperidine rings is 1. The summed E-state index contributed by atoms with van der Waals surface area (Å²) in [4.78, 5) is 48.7. The Labute approximate surface area is 150 Å². The molecule has 2 saturated heterocycles. The predicted octanol–water partition coefficient (Wildman–Crippen LogP) is 0.764. The van der Waals surface area contributed by atoms with Gasteiger partial charge in [-0.25, -0.2) is 9.59 Å². The Hall–Kier alpha value is -2.90. The maximum absolute atomic E-state index is 12.5. The molecule has 0 aromatic heterocycles. The van der Waals surface area contributed by atoms with Crippen LogP contribution in [0.4, 0.5) is 4.79 Å². The van der Waals surface area contributed by atoms with Crippen LogP contribution in [0.25, 0.3) is 0 Å². The van der Waals surface area contributed by atoms with E-state index in [1.165, 1.54) is 12.1 Å². The molecule has 1 unspecified atom stereocenters. The number of likely N-dealkylation sites (tertiary alicyclic amines) is 1. The molecule has 138 valence electrons. The maximum Gasteiger partial charge on any atom is 0.335 e. The molecule has 1 aromatic carbocycles. The summed E-state index contributed by atoms with van der Waals surface area (Å²) in [6, 6.07) is 5.88. The summed E-state index contributed by atoms with van der Waals surface area (Å²) in [6.07, 6.45) is 1.37. The van der Waals surface area contributed by atoms with Crippen LogP contribution in [-0.4, -0.2) is 52.4 Å². The monoisotopic (exact) mass is 359 g/mol. The molecule has 2 fully saturated rings. The molecule has 8 nitrogen and oxygen atoms in total. The SMILES string of the molecule is CC1(C2CCN(C(=O)Cc3cccc(C(=O)O)c3)CC2)NC(=O)NC1=O. The first-order valence-corrected chi connectivity index (χ1v) is 8.53. The third-order valence-corrected chi connectivity index (χ3v) is 5.27. The minimum Gasteiger partial charge on any atom is -0.478 e. The van der Waals surface area contributed by atoms with Gasteiger partial charge in [-0.2, -0.15) is 0 Å². The zero-order valence-corrected chi connectivity index (χ0v) is 14.4. The van der Waals surface area contributed by atoms with E-state index in [4.69, 9.17) is 5.11 Å². The quantitative estimate of drug-likeness (QED) is 0.687. The van der Waals surface area contributed by atoms with Gasteiger partial charge in [-0.1, -0.05) is 12.1 Å². The van der Waals surface area contributed by atoms with Crippen LogP contribution in [0, 0.1) is 5.92 Å². The number of carbonyl (C=O) groups excluding carboxylic acids is 3. The maximum atomic E-state index is 12.5. The van der Waals surface area contributed by atoms with Crippen molar-refractivity contribution in [2.24, 2.45) is 5.92 Å². The molecular formula is C18H21N3O5. The molecule has 3 N–H and O–H groups in total. The molecule has 0 saturated carbocycles. The summed E-state index contributed by atoms with van der Waals surface area (Å²) in [7, 11) is 0. The standard InChI is InChI=1S/C18H21N3O5/c1-18(16(25)19-17(26)20-18)13-5-7-21(8-6-13)14(22)10-11-3-2-4-12(9-11)15(23)24/h2-4,9,13H,5-8,10H2,1H3,(H,23,24)(H2,19,20,25,26). The molecule has 2 aliphatic rings. The number of hydrogen-bond acceptors (Lipinski definition) is 4. The highest BCUT2D eigenvalue weighted by Crippen LogP contribution is 2.30. The van der Waals surface area contributed by atoms with Gasteiger partial charge in [0.25, 0.3) is 5.91 Å². The lowest BCUT2D eigenvalue weighted by atomic mass is 9.79. The molecule has 1 atom stereocenters. The highest BCUT2D eigenvalue weighted by atomic mass is 16.4. The Balaban J connectivity index is 1.59. The lowest BCUT2D eigenvalue weighted by Crippen LogP contribution is -2.54. The number of urea groups is 1. The van der Waals surface area contributed by atoms with Gasteiger partial charge < -0.3 is 15.3 Å². The first kappa shape index (κ1) is 17.9. The summed E-state index contributed by atoms with van der Waals surface area (Å²) >= 11 is 0. The van der Waals surface area contributed by atoms with Gasteiger partial charge in [-0.15, -0.1) is 0 Å². The molecule has 3 rings (SSSR count). The van der Waals surface area contributed by atoms with Crippen LogP contribution in [0.1, 0.15) is 35.7 Å². The Morgan fingerprint density at radius 2 is 1.96 bits per heavy atom. The lowest BCUT2D eigenvalue weighted by Gasteiger charge is -2.38. The van der Waals surface area contributed by atoms with Gasteiger partial charge in [-0.3, -0.25) is 14.9 Å². The van der Waals surface area contributed by atoms with Crippen molar-refractivity contribution in [3.05, 3.63) is 35.4 Å². The van der Waals surface area contributed by atoms with E-state index in [-0.39, 0.29) is 29.7 Å². The number of nitrogens with zero attached hydrogens (tertiary/aromatic N) is 1. The number of amides is 4. The van der Waals surface area contributed by atoms with Crippen molar-refractivity contribution < 1.29 is 24.3 Å². The van der Waals surface area contributed by atoms with E-state index in [0.29, 0.717) is 31.5 Å². The summed E-state index contributed by atoms with van der Waals surface area (Å²) in [5.74, 6) is -1.45. The van der Waals surface area contributed by atoms with E-state index in [1.807, 2.05) is 0 Å². The van der Waals surface area contributed by atoms with Gasteiger partial charge in [-0.05, 0) is 43.4 Å². The minimum absolute atomic E-state index is 0.0339. The van der Waals surface area contributed by atoms with E-state index < -0.39 is 17.5 Å². The highest BCUT2D eigenvalue weighted by molar-refractivity contribution is 6.07. The van der Waals surface area contributed by atoms with Crippen molar-refractivity contribution in [1.82, 2.24) is 15.5 Å². The molecule has 0 spiro atoms. The van der Waals surface area contributed by atoms with Crippen LogP contribution >= 0.6 is 0 Å². The first-order valence-electron chi connectivity index (χ1n) is 8.53. The van der Waals surface area contributed by atoms with Gasteiger partial charge in [0, 0.05) is 13.1 Å². The summed E-state index contributed by atoms with van der Waals surface area (Å²) in [5, 5.41) is 14.0. The van der Waals surface area contributed by atoms with Crippen LogP contribution in [0.5, 0.6) is 0 Å². The Bertz CT molecular complexity index is 770. The number of rotatable bonds is 4. The van der Waals surface area contributed by atoms with Gasteiger partial charge in [0.1, 0.15) is 5.54 Å². The average molecular weight is 359 g/mol. The fraction of sp³-hybridized carbons (Fsp3) is 0.444. The van der Waals surface area contributed by atoms with E-state index in [9.17, 15) is 19.2 Å². The Kier molecular flexibility index (Phi) is 4.67. The summed E-state index contributed by atoms with van der Waals surface area (Å²) < 4.78 is 0. The second-order valence-corrected chi connectivity index (χ2v) is 6.95. The Morgan fingerprint density at radius 3 is 2.54 bits per heavy atom. The van der Waals surface area contributed by atoms with Gasteiger partial charge in [0.15, 0.2) is 0 Å². The van der Waals surface area contributed by atoms with E-state index >= 15 is 0 Å². The molecule has 26 heavy (non-hydrogen) atoms. The van der Waals surface area contributed by atoms with Gasteiger partial charge in [0.2, 0.25) is 5.91 Å². The van der Waals surface area contributed by atoms with Crippen molar-refractivity contribution in [1.29, 1.82) is 0 Å². The third kappa shape index (κ3) is 3.40. The molecule has 2 heterocycles. The number of imide groups is 1. The van der Waals surface area contributed by atoms with Crippen LogP contribution < -0.4 is 10.6 Å². The third-order valence-electron chi connectivity index (χ3n) is 5.27. The molecule has 2 aliphatic heterocycles. The largest absolute Gasteiger partial charge is 0.478 e. The number of carboxylic acid groups (broad SMARTS) is 1. The number of benzene rings is 1. The summed E-state index contributed by atoms with van der Waals surface area (Å²) in [5.41, 5.74) is -0.112. The molecule has 4 amide bonds. The van der Waals surface area contributed by atoms with Gasteiger partial charge in [0.05, 0.1) is 12.0 Å². The minimum atomic E-state index is -1.02. The fourth-order valence-corrected chi connectivity index (χ4v) is 3.65. The first-order chi connectivity index (χ1) is 12.3. The predicted molar refractivity (Wildman–Crippen MR) is 91.5 cm³/mol. The van der Waals surface area contributed by atoms with Crippen LogP contribution in [0.2, 0.25) is 0 Å². The van der Waals surface area contributed by atoms with Crippen molar-refractivity contribution in [3.63, 3.8) is 0 Å². The second-order valence-electron chi connectivity index (χ2n) is 6.95. The van der Waals surface area contributed by atoms with Crippen LogP contribution in [0.3, 0.4) is 0 Å². The lowest BCUT2D eigenvalue weighted by molar-refractivity contribution is -0.133. The van der Waals surface area contributed by atoms with Crippen molar-refractivity contribution in [3.8, 4) is 0 Å². The van der Waals surface area contributed by atoms with Crippen molar-refractivity contribution >= 4 is 23.8 Å². The zero-order chi connectivity index (χ0) is 18.9. The van der Waals surface area contributed by atoms with E-state index in [2.05, 4.69) is 10.6 Å². The van der Waals surface area contributed by atoms with Crippen molar-refractivity contribution in [2.45, 2.75) is 31.7 Å². The summed E-state index contributed by atoms with van der Waals surface area (Å²) in [6.45, 7) is 2.72.